The maximum absolute atomic E-state index is 13.0. The molecule has 0 spiro atoms. The number of hydrogen-bond donors (Lipinski definition) is 2. The molecule has 2 aromatic rings. The molecule has 0 aromatic heterocycles. The molecule has 0 aliphatic heterocycles. The van der Waals surface area contributed by atoms with E-state index in [1.807, 2.05) is 0 Å². The van der Waals surface area contributed by atoms with Crippen LogP contribution in [0.15, 0.2) is 48.5 Å². The van der Waals surface area contributed by atoms with Crippen LogP contribution in [0.1, 0.15) is 15.9 Å². The Morgan fingerprint density at radius 1 is 1.17 bits per heavy atom. The van der Waals surface area contributed by atoms with E-state index in [1.54, 1.807) is 30.3 Å². The van der Waals surface area contributed by atoms with Crippen molar-refractivity contribution in [2.75, 3.05) is 5.32 Å². The number of halogens is 1. The van der Waals surface area contributed by atoms with Gasteiger partial charge in [-0.05, 0) is 35.9 Å². The van der Waals surface area contributed by atoms with E-state index in [9.17, 15) is 9.18 Å². The number of anilines is 1. The van der Waals surface area contributed by atoms with Crippen molar-refractivity contribution >= 4 is 11.6 Å². The van der Waals surface area contributed by atoms with E-state index in [2.05, 4.69) is 5.32 Å². The molecule has 0 aliphatic carbocycles. The minimum atomic E-state index is -0.446. The first-order chi connectivity index (χ1) is 8.69. The van der Waals surface area contributed by atoms with Gasteiger partial charge in [-0.1, -0.05) is 18.2 Å². The van der Waals surface area contributed by atoms with Gasteiger partial charge >= 0.3 is 0 Å². The quantitative estimate of drug-likeness (QED) is 0.873. The summed E-state index contributed by atoms with van der Waals surface area (Å²) in [4.78, 5) is 11.8. The normalized spacial score (nSPS) is 10.1. The Bertz CT molecular complexity index is 552. The molecule has 3 nitrogen and oxygen atoms in total. The molecular weight excluding hydrogens is 233 g/mol. The first-order valence-corrected chi connectivity index (χ1v) is 5.46. The monoisotopic (exact) mass is 245 g/mol. The standard InChI is InChI=1S/C14H12FNO2/c15-12-3-1-2-11(8-12)14(18)16-13-6-4-10(9-17)5-7-13/h1-8,17H,9H2,(H,16,18). The van der Waals surface area contributed by atoms with E-state index in [-0.39, 0.29) is 18.1 Å². The molecule has 0 fully saturated rings. The van der Waals surface area contributed by atoms with Gasteiger partial charge in [-0.15, -0.1) is 0 Å². The number of aliphatic hydroxyl groups excluding tert-OH is 1. The Morgan fingerprint density at radius 3 is 2.50 bits per heavy atom. The highest BCUT2D eigenvalue weighted by molar-refractivity contribution is 6.04. The SMILES string of the molecule is O=C(Nc1ccc(CO)cc1)c1cccc(F)c1. The summed E-state index contributed by atoms with van der Waals surface area (Å²) in [7, 11) is 0. The van der Waals surface area contributed by atoms with Gasteiger partial charge in [0.1, 0.15) is 5.82 Å². The molecule has 1 amide bonds. The summed E-state index contributed by atoms with van der Waals surface area (Å²) in [5.74, 6) is -0.815. The Labute approximate surface area is 104 Å². The fraction of sp³-hybridized carbons (Fsp3) is 0.0714. The van der Waals surface area contributed by atoms with Crippen LogP contribution in [0.25, 0.3) is 0 Å². The highest BCUT2D eigenvalue weighted by Crippen LogP contribution is 2.12. The molecule has 0 unspecified atom stereocenters. The Morgan fingerprint density at radius 2 is 1.89 bits per heavy atom. The predicted molar refractivity (Wildman–Crippen MR) is 66.7 cm³/mol. The lowest BCUT2D eigenvalue weighted by Crippen LogP contribution is -2.11. The summed E-state index contributed by atoms with van der Waals surface area (Å²) in [6.45, 7) is -0.0435. The molecule has 92 valence electrons. The number of carbonyl (C=O) groups is 1. The number of rotatable bonds is 3. The van der Waals surface area contributed by atoms with Crippen LogP contribution in [0.4, 0.5) is 10.1 Å². The summed E-state index contributed by atoms with van der Waals surface area (Å²) in [6, 6.07) is 12.3. The van der Waals surface area contributed by atoms with E-state index in [1.165, 1.54) is 18.2 Å². The van der Waals surface area contributed by atoms with Crippen LogP contribution >= 0.6 is 0 Å². The van der Waals surface area contributed by atoms with Gasteiger partial charge in [-0.2, -0.15) is 0 Å². The van der Waals surface area contributed by atoms with E-state index in [4.69, 9.17) is 5.11 Å². The summed E-state index contributed by atoms with van der Waals surface area (Å²) >= 11 is 0. The van der Waals surface area contributed by atoms with Gasteiger partial charge in [0.25, 0.3) is 5.91 Å². The van der Waals surface area contributed by atoms with Crippen molar-refractivity contribution in [3.63, 3.8) is 0 Å². The number of carbonyl (C=O) groups excluding carboxylic acids is 1. The van der Waals surface area contributed by atoms with Crippen molar-refractivity contribution in [1.29, 1.82) is 0 Å². The summed E-state index contributed by atoms with van der Waals surface area (Å²) < 4.78 is 13.0. The third kappa shape index (κ3) is 2.93. The third-order valence-corrected chi connectivity index (χ3v) is 2.48. The fourth-order valence-corrected chi connectivity index (χ4v) is 1.53. The molecule has 2 N–H and O–H groups in total. The summed E-state index contributed by atoms with van der Waals surface area (Å²) in [5.41, 5.74) is 1.63. The average molecular weight is 245 g/mol. The van der Waals surface area contributed by atoms with E-state index in [0.29, 0.717) is 5.69 Å². The van der Waals surface area contributed by atoms with Gasteiger partial charge in [0, 0.05) is 11.3 Å². The molecule has 0 bridgehead atoms. The summed E-state index contributed by atoms with van der Waals surface area (Å²) in [6.07, 6.45) is 0. The summed E-state index contributed by atoms with van der Waals surface area (Å²) in [5, 5.41) is 11.5. The van der Waals surface area contributed by atoms with E-state index >= 15 is 0 Å². The van der Waals surface area contributed by atoms with Crippen LogP contribution in [-0.2, 0) is 6.61 Å². The fourth-order valence-electron chi connectivity index (χ4n) is 1.53. The molecule has 18 heavy (non-hydrogen) atoms. The average Bonchev–Trinajstić information content (AvgIpc) is 2.39. The third-order valence-electron chi connectivity index (χ3n) is 2.48. The van der Waals surface area contributed by atoms with Crippen molar-refractivity contribution in [3.05, 3.63) is 65.5 Å². The molecular formula is C14H12FNO2. The molecule has 0 radical (unpaired) electrons. The molecule has 0 saturated heterocycles. The number of nitrogens with one attached hydrogen (secondary N) is 1. The van der Waals surface area contributed by atoms with Crippen LogP contribution in [0.2, 0.25) is 0 Å². The molecule has 4 heteroatoms. The highest BCUT2D eigenvalue weighted by Gasteiger charge is 2.06. The lowest BCUT2D eigenvalue weighted by Gasteiger charge is -2.06. The second kappa shape index (κ2) is 5.42. The number of aliphatic hydroxyl groups is 1. The van der Waals surface area contributed by atoms with Crippen molar-refractivity contribution < 1.29 is 14.3 Å². The lowest BCUT2D eigenvalue weighted by atomic mass is 10.2. The van der Waals surface area contributed by atoms with Crippen molar-refractivity contribution in [2.45, 2.75) is 6.61 Å². The maximum Gasteiger partial charge on any atom is 0.255 e. The molecule has 2 aromatic carbocycles. The van der Waals surface area contributed by atoms with E-state index < -0.39 is 5.82 Å². The number of hydrogen-bond acceptors (Lipinski definition) is 2. The van der Waals surface area contributed by atoms with Crippen molar-refractivity contribution in [3.8, 4) is 0 Å². The van der Waals surface area contributed by atoms with Gasteiger partial charge < -0.3 is 10.4 Å². The van der Waals surface area contributed by atoms with Gasteiger partial charge in [0.05, 0.1) is 6.61 Å². The van der Waals surface area contributed by atoms with Crippen molar-refractivity contribution in [2.24, 2.45) is 0 Å². The van der Waals surface area contributed by atoms with E-state index in [0.717, 1.165) is 5.56 Å². The number of benzene rings is 2. The topological polar surface area (TPSA) is 49.3 Å². The largest absolute Gasteiger partial charge is 0.392 e. The lowest BCUT2D eigenvalue weighted by molar-refractivity contribution is 0.102. The van der Waals surface area contributed by atoms with Crippen LogP contribution in [0.3, 0.4) is 0 Å². The molecule has 0 atom stereocenters. The van der Waals surface area contributed by atoms with Crippen LogP contribution in [0, 0.1) is 5.82 Å². The first kappa shape index (κ1) is 12.3. The van der Waals surface area contributed by atoms with Crippen molar-refractivity contribution in [1.82, 2.24) is 0 Å². The maximum atomic E-state index is 13.0. The van der Waals surface area contributed by atoms with Gasteiger partial charge in [-0.25, -0.2) is 4.39 Å². The predicted octanol–water partition coefficient (Wildman–Crippen LogP) is 2.57. The minimum Gasteiger partial charge on any atom is -0.392 e. The Hall–Kier alpha value is -2.20. The van der Waals surface area contributed by atoms with Gasteiger partial charge in [0.2, 0.25) is 0 Å². The molecule has 2 rings (SSSR count). The van der Waals surface area contributed by atoms with Gasteiger partial charge in [0.15, 0.2) is 0 Å². The first-order valence-electron chi connectivity index (χ1n) is 5.46. The highest BCUT2D eigenvalue weighted by atomic mass is 19.1. The van der Waals surface area contributed by atoms with Gasteiger partial charge in [-0.3, -0.25) is 4.79 Å². The zero-order valence-corrected chi connectivity index (χ0v) is 9.56. The molecule has 0 aliphatic rings. The molecule has 0 heterocycles. The zero-order chi connectivity index (χ0) is 13.0. The molecule has 0 saturated carbocycles. The second-order valence-corrected chi connectivity index (χ2v) is 3.82. The number of amides is 1. The van der Waals surface area contributed by atoms with Crippen LogP contribution in [-0.4, -0.2) is 11.0 Å². The smallest absolute Gasteiger partial charge is 0.255 e. The van der Waals surface area contributed by atoms with Crippen LogP contribution < -0.4 is 5.32 Å². The second-order valence-electron chi connectivity index (χ2n) is 3.82. The Balaban J connectivity index is 2.11. The zero-order valence-electron chi connectivity index (χ0n) is 9.56. The van der Waals surface area contributed by atoms with Crippen LogP contribution in [0.5, 0.6) is 0 Å². The Kier molecular flexibility index (Phi) is 3.69. The minimum absolute atomic E-state index is 0.0435.